The van der Waals surface area contributed by atoms with Crippen molar-refractivity contribution in [3.05, 3.63) is 65.7 Å². The molecule has 2 aromatic rings. The summed E-state index contributed by atoms with van der Waals surface area (Å²) in [5.74, 6) is -0.272. The second-order valence-electron chi connectivity index (χ2n) is 7.54. The topological polar surface area (TPSA) is 93.7 Å². The summed E-state index contributed by atoms with van der Waals surface area (Å²) in [6, 6.07) is 16.6. The summed E-state index contributed by atoms with van der Waals surface area (Å²) >= 11 is 0. The molecule has 0 spiro atoms. The number of hydrogen-bond donors (Lipinski definition) is 2. The first kappa shape index (κ1) is 23.9. The van der Waals surface area contributed by atoms with Gasteiger partial charge in [-0.05, 0) is 48.6 Å². The Hall–Kier alpha value is -3.35. The number of nitrogens with one attached hydrogen (secondary N) is 2. The highest BCUT2D eigenvalue weighted by atomic mass is 16.5. The van der Waals surface area contributed by atoms with Gasteiger partial charge in [-0.3, -0.25) is 25.2 Å². The highest BCUT2D eigenvalue weighted by Crippen LogP contribution is 2.13. The molecule has 0 saturated carbocycles. The molecule has 0 atom stereocenters. The van der Waals surface area contributed by atoms with Crippen molar-refractivity contribution in [2.45, 2.75) is 39.5 Å². The van der Waals surface area contributed by atoms with Crippen LogP contribution in [-0.2, 0) is 20.7 Å². The zero-order valence-electron chi connectivity index (χ0n) is 18.1. The fourth-order valence-electron chi connectivity index (χ4n) is 2.62. The summed E-state index contributed by atoms with van der Waals surface area (Å²) in [7, 11) is 0. The number of rotatable bonds is 11. The molecule has 2 amide bonds. The Balaban J connectivity index is 1.59. The van der Waals surface area contributed by atoms with Crippen molar-refractivity contribution in [3.63, 3.8) is 0 Å². The first-order chi connectivity index (χ1) is 14.9. The molecule has 31 heavy (non-hydrogen) atoms. The van der Waals surface area contributed by atoms with E-state index in [1.54, 1.807) is 24.3 Å². The van der Waals surface area contributed by atoms with Crippen molar-refractivity contribution in [2.75, 3.05) is 13.2 Å². The Morgan fingerprint density at radius 1 is 0.903 bits per heavy atom. The van der Waals surface area contributed by atoms with Gasteiger partial charge in [0.1, 0.15) is 5.75 Å². The quantitative estimate of drug-likeness (QED) is 0.326. The van der Waals surface area contributed by atoms with E-state index < -0.39 is 17.8 Å². The van der Waals surface area contributed by atoms with Crippen molar-refractivity contribution in [2.24, 2.45) is 5.92 Å². The number of amides is 2. The van der Waals surface area contributed by atoms with Crippen LogP contribution in [0.25, 0.3) is 0 Å². The van der Waals surface area contributed by atoms with Crippen LogP contribution in [0.4, 0.5) is 0 Å². The van der Waals surface area contributed by atoms with Gasteiger partial charge in [-0.2, -0.15) is 0 Å². The van der Waals surface area contributed by atoms with E-state index >= 15 is 0 Å². The maximum atomic E-state index is 12.1. The molecule has 2 rings (SSSR count). The number of aryl methyl sites for hydroxylation is 1. The molecule has 0 aliphatic heterocycles. The first-order valence-electron chi connectivity index (χ1n) is 10.5. The van der Waals surface area contributed by atoms with E-state index in [9.17, 15) is 14.4 Å². The molecule has 2 N–H and O–H groups in total. The van der Waals surface area contributed by atoms with Crippen LogP contribution >= 0.6 is 0 Å². The van der Waals surface area contributed by atoms with Gasteiger partial charge >= 0.3 is 5.97 Å². The largest absolute Gasteiger partial charge is 0.493 e. The molecule has 0 heterocycles. The molecule has 0 radical (unpaired) electrons. The summed E-state index contributed by atoms with van der Waals surface area (Å²) < 4.78 is 10.7. The Morgan fingerprint density at radius 3 is 2.29 bits per heavy atom. The minimum Gasteiger partial charge on any atom is -0.493 e. The average Bonchev–Trinajstić information content (AvgIpc) is 2.78. The number of carbonyl (C=O) groups is 3. The number of ether oxygens (including phenoxy) is 2. The van der Waals surface area contributed by atoms with E-state index in [2.05, 4.69) is 24.7 Å². The number of hydrazine groups is 1. The third kappa shape index (κ3) is 9.80. The average molecular weight is 427 g/mol. The van der Waals surface area contributed by atoms with Gasteiger partial charge in [0.15, 0.2) is 0 Å². The maximum absolute atomic E-state index is 12.1. The van der Waals surface area contributed by atoms with Crippen LogP contribution < -0.4 is 15.6 Å². The smallest absolute Gasteiger partial charge is 0.306 e. The van der Waals surface area contributed by atoms with Crippen LogP contribution in [0.5, 0.6) is 5.75 Å². The third-order valence-electron chi connectivity index (χ3n) is 4.29. The Morgan fingerprint density at radius 2 is 1.61 bits per heavy atom. The predicted molar refractivity (Wildman–Crippen MR) is 117 cm³/mol. The van der Waals surface area contributed by atoms with Gasteiger partial charge in [-0.1, -0.05) is 44.2 Å². The number of benzene rings is 2. The summed E-state index contributed by atoms with van der Waals surface area (Å²) in [4.78, 5) is 35.7. The van der Waals surface area contributed by atoms with Crippen LogP contribution in [0.2, 0.25) is 0 Å². The molecule has 0 bridgehead atoms. The van der Waals surface area contributed by atoms with Crippen LogP contribution in [0.3, 0.4) is 0 Å². The molecular formula is C24H30N2O5. The Bertz CT molecular complexity index is 835. The summed E-state index contributed by atoms with van der Waals surface area (Å²) in [6.45, 7) is 5.01. The van der Waals surface area contributed by atoms with Crippen molar-refractivity contribution < 1.29 is 23.9 Å². The summed E-state index contributed by atoms with van der Waals surface area (Å²) in [6.07, 6.45) is 1.43. The molecule has 0 aliphatic carbocycles. The number of esters is 1. The molecule has 0 aromatic heterocycles. The second kappa shape index (κ2) is 13.1. The first-order valence-corrected chi connectivity index (χ1v) is 10.5. The standard InChI is InChI=1S/C24H30N2O5/c1-18(2)17-31-21-12-10-20(11-13-21)24(29)26-25-22(27)14-15-23(28)30-16-6-9-19-7-4-3-5-8-19/h3-5,7-8,10-13,18H,6,9,14-17H2,1-2H3,(H,25,27)(H,26,29). The van der Waals surface area contributed by atoms with Crippen molar-refractivity contribution in [3.8, 4) is 5.75 Å². The molecule has 0 aliphatic rings. The van der Waals surface area contributed by atoms with Crippen molar-refractivity contribution in [1.82, 2.24) is 10.9 Å². The van der Waals surface area contributed by atoms with Crippen LogP contribution in [0, 0.1) is 5.92 Å². The maximum Gasteiger partial charge on any atom is 0.306 e. The Kier molecular flexibility index (Phi) is 10.1. The van der Waals surface area contributed by atoms with Gasteiger partial charge in [0.05, 0.1) is 19.6 Å². The molecule has 7 heteroatoms. The van der Waals surface area contributed by atoms with Gasteiger partial charge in [-0.15, -0.1) is 0 Å². The molecule has 7 nitrogen and oxygen atoms in total. The lowest BCUT2D eigenvalue weighted by atomic mass is 10.1. The van der Waals surface area contributed by atoms with E-state index in [-0.39, 0.29) is 12.8 Å². The molecule has 0 unspecified atom stereocenters. The second-order valence-corrected chi connectivity index (χ2v) is 7.54. The zero-order chi connectivity index (χ0) is 22.5. The number of carbonyl (C=O) groups excluding carboxylic acids is 3. The lowest BCUT2D eigenvalue weighted by Crippen LogP contribution is -2.41. The zero-order valence-corrected chi connectivity index (χ0v) is 18.1. The van der Waals surface area contributed by atoms with Gasteiger partial charge in [0, 0.05) is 12.0 Å². The van der Waals surface area contributed by atoms with Gasteiger partial charge < -0.3 is 9.47 Å². The van der Waals surface area contributed by atoms with E-state index in [4.69, 9.17) is 9.47 Å². The lowest BCUT2D eigenvalue weighted by Gasteiger charge is -2.10. The monoisotopic (exact) mass is 426 g/mol. The highest BCUT2D eigenvalue weighted by Gasteiger charge is 2.10. The van der Waals surface area contributed by atoms with Crippen LogP contribution in [0.15, 0.2) is 54.6 Å². The molecule has 0 fully saturated rings. The van der Waals surface area contributed by atoms with Crippen molar-refractivity contribution in [1.29, 1.82) is 0 Å². The predicted octanol–water partition coefficient (Wildman–Crippen LogP) is 3.44. The number of hydrogen-bond acceptors (Lipinski definition) is 5. The van der Waals surface area contributed by atoms with E-state index in [1.807, 2.05) is 30.3 Å². The summed E-state index contributed by atoms with van der Waals surface area (Å²) in [5.41, 5.74) is 6.20. The highest BCUT2D eigenvalue weighted by molar-refractivity contribution is 5.95. The van der Waals surface area contributed by atoms with Crippen LogP contribution in [0.1, 0.15) is 49.0 Å². The van der Waals surface area contributed by atoms with Crippen LogP contribution in [-0.4, -0.2) is 31.0 Å². The van der Waals surface area contributed by atoms with Gasteiger partial charge in [0.25, 0.3) is 5.91 Å². The van der Waals surface area contributed by atoms with Gasteiger partial charge in [0.2, 0.25) is 5.91 Å². The minimum absolute atomic E-state index is 0.0467. The molecule has 0 saturated heterocycles. The fraction of sp³-hybridized carbons (Fsp3) is 0.375. The summed E-state index contributed by atoms with van der Waals surface area (Å²) in [5, 5.41) is 0. The third-order valence-corrected chi connectivity index (χ3v) is 4.29. The van der Waals surface area contributed by atoms with E-state index in [0.717, 1.165) is 12.8 Å². The van der Waals surface area contributed by atoms with E-state index in [0.29, 0.717) is 30.4 Å². The normalized spacial score (nSPS) is 10.4. The molecule has 2 aromatic carbocycles. The molecular weight excluding hydrogens is 396 g/mol. The van der Waals surface area contributed by atoms with E-state index in [1.165, 1.54) is 5.56 Å². The van der Waals surface area contributed by atoms with Crippen molar-refractivity contribution >= 4 is 17.8 Å². The fourth-order valence-corrected chi connectivity index (χ4v) is 2.62. The van der Waals surface area contributed by atoms with Gasteiger partial charge in [-0.25, -0.2) is 0 Å². The molecule has 166 valence electrons. The SMILES string of the molecule is CC(C)COc1ccc(C(=O)NNC(=O)CCC(=O)OCCCc2ccccc2)cc1. The lowest BCUT2D eigenvalue weighted by molar-refractivity contribution is -0.145. The Labute approximate surface area is 183 Å². The minimum atomic E-state index is -0.466.